The first kappa shape index (κ1) is 16.3. The summed E-state index contributed by atoms with van der Waals surface area (Å²) in [6, 6.07) is 0.968. The Morgan fingerprint density at radius 1 is 1.35 bits per heavy atom. The minimum Gasteiger partial charge on any atom is -0.440 e. The molecule has 0 saturated carbocycles. The number of aryl methyl sites for hydroxylation is 2. The van der Waals surface area contributed by atoms with Crippen LogP contribution < -0.4 is 0 Å². The van der Waals surface area contributed by atoms with Crippen molar-refractivity contribution in [1.29, 1.82) is 0 Å². The van der Waals surface area contributed by atoms with Gasteiger partial charge in [-0.3, -0.25) is 4.68 Å². The summed E-state index contributed by atoms with van der Waals surface area (Å²) >= 11 is 8.76. The molecule has 3 aromatic rings. The highest BCUT2D eigenvalue weighted by Crippen LogP contribution is 2.43. The second-order valence-electron chi connectivity index (χ2n) is 4.76. The van der Waals surface area contributed by atoms with E-state index in [1.54, 1.807) is 0 Å². The summed E-state index contributed by atoms with van der Waals surface area (Å²) in [6.07, 6.45) is -4.65. The fraction of sp³-hybridized carbons (Fsp3) is 0.231. The van der Waals surface area contributed by atoms with Crippen LogP contribution in [0.5, 0.6) is 0 Å². The van der Waals surface area contributed by atoms with Crippen LogP contribution in [0.1, 0.15) is 11.6 Å². The lowest BCUT2D eigenvalue weighted by Gasteiger charge is -2.06. The standard InChI is InChI=1S/C13H7BrClF4N3O/c1-4-20-9-5(15)3-6(16)7(11(9)23-4)10-8(14)12(13(17,18)19)22(2)21-10/h3H,1-2H3. The third kappa shape index (κ3) is 2.51. The zero-order chi connectivity index (χ0) is 17.1. The number of halogens is 6. The van der Waals surface area contributed by atoms with Crippen LogP contribution in [0.15, 0.2) is 15.0 Å². The minimum absolute atomic E-state index is 0.00111. The lowest BCUT2D eigenvalue weighted by Crippen LogP contribution is -2.12. The number of hydrogen-bond donors (Lipinski definition) is 0. The van der Waals surface area contributed by atoms with Crippen molar-refractivity contribution in [3.63, 3.8) is 0 Å². The predicted molar refractivity (Wildman–Crippen MR) is 78.6 cm³/mol. The molecule has 1 aromatic carbocycles. The third-order valence-corrected chi connectivity index (χ3v) is 4.21. The van der Waals surface area contributed by atoms with Crippen LogP contribution in [0.25, 0.3) is 22.4 Å². The number of benzene rings is 1. The van der Waals surface area contributed by atoms with E-state index in [0.29, 0.717) is 4.68 Å². The molecule has 3 rings (SSSR count). The van der Waals surface area contributed by atoms with Crippen molar-refractivity contribution in [2.75, 3.05) is 0 Å². The van der Waals surface area contributed by atoms with E-state index in [-0.39, 0.29) is 37.7 Å². The van der Waals surface area contributed by atoms with Crippen molar-refractivity contribution >= 4 is 38.6 Å². The Morgan fingerprint density at radius 3 is 2.57 bits per heavy atom. The van der Waals surface area contributed by atoms with E-state index >= 15 is 0 Å². The monoisotopic (exact) mass is 411 g/mol. The third-order valence-electron chi connectivity index (χ3n) is 3.17. The zero-order valence-corrected chi connectivity index (χ0v) is 13.9. The van der Waals surface area contributed by atoms with Crippen molar-refractivity contribution < 1.29 is 22.0 Å². The normalized spacial score (nSPS) is 12.3. The minimum atomic E-state index is -4.65. The largest absolute Gasteiger partial charge is 0.440 e. The Labute approximate surface area is 140 Å². The second kappa shape index (κ2) is 5.20. The van der Waals surface area contributed by atoms with Crippen LogP contribution >= 0.6 is 27.5 Å². The van der Waals surface area contributed by atoms with Gasteiger partial charge < -0.3 is 4.42 Å². The predicted octanol–water partition coefficient (Wildman–Crippen LogP) is 5.11. The molecule has 0 saturated heterocycles. The molecule has 0 atom stereocenters. The zero-order valence-electron chi connectivity index (χ0n) is 11.6. The summed E-state index contributed by atoms with van der Waals surface area (Å²) in [5.74, 6) is -0.650. The van der Waals surface area contributed by atoms with Crippen LogP contribution in [0.4, 0.5) is 17.6 Å². The molecule has 0 unspecified atom stereocenters. The summed E-state index contributed by atoms with van der Waals surface area (Å²) in [6.45, 7) is 1.52. The molecule has 0 N–H and O–H groups in total. The molecule has 0 amide bonds. The Bertz CT molecular complexity index is 932. The summed E-state index contributed by atoms with van der Waals surface area (Å²) in [5, 5.41) is 3.78. The van der Waals surface area contributed by atoms with Crippen molar-refractivity contribution in [3.05, 3.63) is 33.0 Å². The molecule has 4 nitrogen and oxygen atoms in total. The second-order valence-corrected chi connectivity index (χ2v) is 5.96. The van der Waals surface area contributed by atoms with Gasteiger partial charge in [0.15, 0.2) is 17.2 Å². The number of nitrogens with zero attached hydrogens (tertiary/aromatic N) is 3. The fourth-order valence-corrected chi connectivity index (χ4v) is 3.29. The highest BCUT2D eigenvalue weighted by atomic mass is 79.9. The molecule has 0 radical (unpaired) electrons. The maximum Gasteiger partial charge on any atom is 0.434 e. The average Bonchev–Trinajstić information content (AvgIpc) is 2.90. The molecular formula is C13H7BrClF4N3O. The van der Waals surface area contributed by atoms with Gasteiger partial charge in [0.05, 0.1) is 15.1 Å². The van der Waals surface area contributed by atoms with Gasteiger partial charge in [-0.05, 0) is 22.0 Å². The summed E-state index contributed by atoms with van der Waals surface area (Å²) < 4.78 is 59.2. The number of oxazole rings is 1. The van der Waals surface area contributed by atoms with Crippen LogP contribution in [0, 0.1) is 12.7 Å². The maximum atomic E-state index is 14.4. The van der Waals surface area contributed by atoms with Gasteiger partial charge in [0.25, 0.3) is 0 Å². The average molecular weight is 413 g/mol. The van der Waals surface area contributed by atoms with Crippen molar-refractivity contribution in [1.82, 2.24) is 14.8 Å². The number of fused-ring (bicyclic) bond motifs is 1. The van der Waals surface area contributed by atoms with Gasteiger partial charge in [-0.25, -0.2) is 9.37 Å². The van der Waals surface area contributed by atoms with Gasteiger partial charge in [-0.2, -0.15) is 18.3 Å². The first-order chi connectivity index (χ1) is 10.6. The van der Waals surface area contributed by atoms with Crippen molar-refractivity contribution in [2.45, 2.75) is 13.1 Å². The molecule has 0 fully saturated rings. The molecule has 23 heavy (non-hydrogen) atoms. The first-order valence-corrected chi connectivity index (χ1v) is 7.33. The molecule has 0 aliphatic rings. The van der Waals surface area contributed by atoms with Gasteiger partial charge in [0, 0.05) is 14.0 Å². The van der Waals surface area contributed by atoms with Crippen LogP contribution in [-0.4, -0.2) is 14.8 Å². The molecular weight excluding hydrogens is 406 g/mol. The van der Waals surface area contributed by atoms with E-state index in [4.69, 9.17) is 16.0 Å². The van der Waals surface area contributed by atoms with E-state index in [1.807, 2.05) is 0 Å². The molecule has 0 aliphatic carbocycles. The van der Waals surface area contributed by atoms with E-state index in [9.17, 15) is 17.6 Å². The smallest absolute Gasteiger partial charge is 0.434 e. The van der Waals surface area contributed by atoms with E-state index in [1.165, 1.54) is 6.92 Å². The molecule has 0 spiro atoms. The van der Waals surface area contributed by atoms with Crippen LogP contribution in [-0.2, 0) is 13.2 Å². The fourth-order valence-electron chi connectivity index (χ4n) is 2.31. The van der Waals surface area contributed by atoms with Crippen LogP contribution in [0.3, 0.4) is 0 Å². The summed E-state index contributed by atoms with van der Waals surface area (Å²) in [5.41, 5.74) is -1.41. The van der Waals surface area contributed by atoms with Gasteiger partial charge >= 0.3 is 6.18 Å². The van der Waals surface area contributed by atoms with E-state index < -0.39 is 17.7 Å². The number of hydrogen-bond acceptors (Lipinski definition) is 3. The Balaban J connectivity index is 2.39. The molecule has 10 heteroatoms. The number of rotatable bonds is 1. The highest BCUT2D eigenvalue weighted by molar-refractivity contribution is 9.10. The number of aromatic nitrogens is 3. The molecule has 122 valence electrons. The quantitative estimate of drug-likeness (QED) is 0.522. The van der Waals surface area contributed by atoms with Crippen molar-refractivity contribution in [2.24, 2.45) is 7.05 Å². The topological polar surface area (TPSA) is 43.9 Å². The highest BCUT2D eigenvalue weighted by Gasteiger charge is 2.39. The number of alkyl halides is 3. The van der Waals surface area contributed by atoms with Gasteiger partial charge in [-0.15, -0.1) is 0 Å². The van der Waals surface area contributed by atoms with Crippen LogP contribution in [0.2, 0.25) is 5.02 Å². The molecule has 2 aromatic heterocycles. The summed E-state index contributed by atoms with van der Waals surface area (Å²) in [7, 11) is 1.12. The Kier molecular flexibility index (Phi) is 3.68. The van der Waals surface area contributed by atoms with Gasteiger partial charge in [0.2, 0.25) is 0 Å². The van der Waals surface area contributed by atoms with E-state index in [2.05, 4.69) is 26.0 Å². The van der Waals surface area contributed by atoms with E-state index in [0.717, 1.165) is 13.1 Å². The van der Waals surface area contributed by atoms with Crippen molar-refractivity contribution in [3.8, 4) is 11.3 Å². The maximum absolute atomic E-state index is 14.4. The Hall–Kier alpha value is -1.61. The molecule has 0 bridgehead atoms. The lowest BCUT2D eigenvalue weighted by molar-refractivity contribution is -0.144. The summed E-state index contributed by atoms with van der Waals surface area (Å²) in [4.78, 5) is 4.01. The van der Waals surface area contributed by atoms with Gasteiger partial charge in [-0.1, -0.05) is 11.6 Å². The first-order valence-electron chi connectivity index (χ1n) is 6.16. The SMILES string of the molecule is Cc1nc2c(Cl)cc(F)c(-c3nn(C)c(C(F)(F)F)c3Br)c2o1. The molecule has 2 heterocycles. The van der Waals surface area contributed by atoms with Gasteiger partial charge in [0.1, 0.15) is 17.0 Å². The Morgan fingerprint density at radius 2 is 2.00 bits per heavy atom. The lowest BCUT2D eigenvalue weighted by atomic mass is 10.1. The molecule has 0 aliphatic heterocycles.